The summed E-state index contributed by atoms with van der Waals surface area (Å²) in [6.45, 7) is 1.18. The molecule has 0 saturated heterocycles. The zero-order chi connectivity index (χ0) is 62.5. The van der Waals surface area contributed by atoms with Gasteiger partial charge in [0, 0.05) is 70.3 Å². The maximum atomic E-state index is 15.5. The van der Waals surface area contributed by atoms with Crippen LogP contribution in [0, 0.1) is 20.2 Å². The summed E-state index contributed by atoms with van der Waals surface area (Å²) in [6.07, 6.45) is -1.39. The van der Waals surface area contributed by atoms with Crippen LogP contribution in [-0.4, -0.2) is 57.9 Å². The van der Waals surface area contributed by atoms with E-state index >= 15 is 4.79 Å². The number of hydrogen-bond acceptors (Lipinski definition) is 10. The molecule has 0 spiro atoms. The second-order valence-corrected chi connectivity index (χ2v) is 24.1. The number of carbonyl (C=O) groups excluding carboxylic acids is 1. The third kappa shape index (κ3) is 11.7. The van der Waals surface area contributed by atoms with Gasteiger partial charge in [-0.1, -0.05) is 229 Å². The van der Waals surface area contributed by atoms with Gasteiger partial charge in [0.05, 0.1) is 27.5 Å². The fraction of sp³-hybridized carbons (Fsp3) is 0.125. The molecule has 0 radical (unpaired) electrons. The standard InChI is InChI=1S/C72H56Br2Cl2N8O6/c1-2-90-70(85)69(79(45-49-23-21-37-59(75)39-49)47-51-41-61-65(43-63(51)83(86)87)81(77-67(61)73)71(53-25-9-3-10-26-53,54-27-11-4-12-28-54)55-29-13-5-14-30-55)80(46-50-24-22-38-60(76)40-50)48-52-42-62-66(44-64(52)84(88)89)82(78-68(62)74)72(56-31-15-6-16-32-56,57-33-17-7-18-34-57)58-35-19-8-20-36-58/h3-44,69H,2,45-48H2,1H3. The van der Waals surface area contributed by atoms with Crippen LogP contribution in [0.2, 0.25) is 10.0 Å². The lowest BCUT2D eigenvalue weighted by Gasteiger charge is -2.38. The number of carbonyl (C=O) groups is 1. The van der Waals surface area contributed by atoms with Crippen LogP contribution in [0.5, 0.6) is 0 Å². The van der Waals surface area contributed by atoms with Crippen molar-refractivity contribution >= 4 is 94.2 Å². The maximum absolute atomic E-state index is 15.5. The van der Waals surface area contributed by atoms with Gasteiger partial charge < -0.3 is 4.74 Å². The summed E-state index contributed by atoms with van der Waals surface area (Å²) in [5.41, 5.74) is 5.05. The molecule has 0 N–H and O–H groups in total. The molecular weight excluding hydrogens is 1300 g/mol. The van der Waals surface area contributed by atoms with Gasteiger partial charge in [0.15, 0.2) is 6.17 Å². The predicted octanol–water partition coefficient (Wildman–Crippen LogP) is 17.3. The molecule has 2 aromatic heterocycles. The minimum absolute atomic E-state index is 0.00910. The minimum atomic E-state index is -1.39. The number of fused-ring (bicyclic) bond motifs is 2. The Kier molecular flexibility index (Phi) is 18.0. The first-order valence-electron chi connectivity index (χ1n) is 29.0. The Balaban J connectivity index is 1.06. The predicted molar refractivity (Wildman–Crippen MR) is 359 cm³/mol. The molecule has 90 heavy (non-hydrogen) atoms. The first-order valence-corrected chi connectivity index (χ1v) is 31.3. The zero-order valence-electron chi connectivity index (χ0n) is 48.4. The van der Waals surface area contributed by atoms with E-state index in [1.807, 2.05) is 203 Å². The number of nitrogens with zero attached hydrogens (tertiary/aromatic N) is 8. The van der Waals surface area contributed by atoms with E-state index in [4.69, 9.17) is 38.1 Å². The fourth-order valence-electron chi connectivity index (χ4n) is 12.6. The quantitative estimate of drug-likeness (QED) is 0.0210. The van der Waals surface area contributed by atoms with E-state index in [2.05, 4.69) is 31.9 Å². The molecule has 0 aliphatic rings. The Morgan fingerprint density at radius 1 is 0.478 bits per heavy atom. The molecular formula is C72H56Br2Cl2N8O6. The summed E-state index contributed by atoms with van der Waals surface area (Å²) in [4.78, 5) is 46.1. The molecule has 2 heterocycles. The van der Waals surface area contributed by atoms with Gasteiger partial charge in [0.1, 0.15) is 20.3 Å². The van der Waals surface area contributed by atoms with Crippen molar-refractivity contribution in [1.29, 1.82) is 0 Å². The number of ether oxygens (including phenoxy) is 1. The smallest absolute Gasteiger partial charge is 0.338 e. The van der Waals surface area contributed by atoms with Crippen molar-refractivity contribution in [2.24, 2.45) is 0 Å². The van der Waals surface area contributed by atoms with Crippen LogP contribution in [0.15, 0.2) is 264 Å². The van der Waals surface area contributed by atoms with Crippen molar-refractivity contribution in [3.05, 3.63) is 350 Å². The van der Waals surface area contributed by atoms with Crippen molar-refractivity contribution in [2.75, 3.05) is 6.61 Å². The van der Waals surface area contributed by atoms with Crippen LogP contribution in [-0.2, 0) is 46.8 Å². The summed E-state index contributed by atoms with van der Waals surface area (Å²) in [5.74, 6) is -0.714. The van der Waals surface area contributed by atoms with Gasteiger partial charge in [0.25, 0.3) is 11.4 Å². The van der Waals surface area contributed by atoms with E-state index in [1.54, 1.807) is 77.4 Å². The summed E-state index contributed by atoms with van der Waals surface area (Å²) < 4.78 is 10.6. The molecule has 10 aromatic carbocycles. The Labute approximate surface area is 546 Å². The molecule has 0 unspecified atom stereocenters. The summed E-state index contributed by atoms with van der Waals surface area (Å²) in [6, 6.07) is 80.3. The number of halogens is 4. The average molecular weight is 1360 g/mol. The Hall–Kier alpha value is -9.13. The molecule has 0 amide bonds. The fourth-order valence-corrected chi connectivity index (χ4v) is 14.0. The van der Waals surface area contributed by atoms with E-state index in [-0.39, 0.29) is 55.3 Å². The van der Waals surface area contributed by atoms with E-state index in [9.17, 15) is 20.2 Å². The second kappa shape index (κ2) is 26.5. The summed E-state index contributed by atoms with van der Waals surface area (Å²) >= 11 is 21.1. The minimum Gasteiger partial charge on any atom is -0.464 e. The van der Waals surface area contributed by atoms with Crippen molar-refractivity contribution in [3.63, 3.8) is 0 Å². The van der Waals surface area contributed by atoms with Crippen molar-refractivity contribution in [3.8, 4) is 0 Å². The highest BCUT2D eigenvalue weighted by molar-refractivity contribution is 9.10. The number of esters is 1. The highest BCUT2D eigenvalue weighted by Crippen LogP contribution is 2.47. The highest BCUT2D eigenvalue weighted by atomic mass is 79.9. The summed E-state index contributed by atoms with van der Waals surface area (Å²) in [7, 11) is 0. The number of rotatable bonds is 22. The van der Waals surface area contributed by atoms with Gasteiger partial charge in [-0.15, -0.1) is 0 Å². The molecule has 12 aromatic rings. The SMILES string of the molecule is CCOC(=O)C(N(Cc1cccc(Cl)c1)Cc1cc2c(Br)nn(C(c3ccccc3)(c3ccccc3)c3ccccc3)c2cc1[N+](=O)[O-])N(Cc1cccc(Cl)c1)Cc1cc2c(Br)nn(C(c3ccccc3)(c3ccccc3)c3ccccc3)c2cc1[N+](=O)[O-]. The van der Waals surface area contributed by atoms with Crippen LogP contribution in [0.25, 0.3) is 21.8 Å². The molecule has 0 aliphatic carbocycles. The lowest BCUT2D eigenvalue weighted by molar-refractivity contribution is -0.385. The van der Waals surface area contributed by atoms with Gasteiger partial charge in [-0.05, 0) is 120 Å². The number of nitro benzene ring substituents is 2. The molecule has 0 fully saturated rings. The van der Waals surface area contributed by atoms with Gasteiger partial charge in [0.2, 0.25) is 0 Å². The van der Waals surface area contributed by atoms with Crippen LogP contribution in [0.1, 0.15) is 62.6 Å². The highest BCUT2D eigenvalue weighted by Gasteiger charge is 2.44. The van der Waals surface area contributed by atoms with Crippen molar-refractivity contribution in [1.82, 2.24) is 29.4 Å². The third-order valence-corrected chi connectivity index (χ3v) is 18.0. The number of benzene rings is 10. The first kappa shape index (κ1) is 61.1. The van der Waals surface area contributed by atoms with Crippen molar-refractivity contribution in [2.45, 2.75) is 50.3 Å². The zero-order valence-corrected chi connectivity index (χ0v) is 53.1. The maximum Gasteiger partial charge on any atom is 0.338 e. The van der Waals surface area contributed by atoms with Crippen molar-refractivity contribution < 1.29 is 19.4 Å². The first-order chi connectivity index (χ1) is 43.8. The molecule has 448 valence electrons. The Morgan fingerprint density at radius 2 is 0.789 bits per heavy atom. The van der Waals surface area contributed by atoms with E-state index in [0.29, 0.717) is 52.2 Å². The second-order valence-electron chi connectivity index (χ2n) is 21.7. The normalized spacial score (nSPS) is 11.9. The molecule has 0 aliphatic heterocycles. The lowest BCUT2D eigenvalue weighted by Crippen LogP contribution is -2.52. The van der Waals surface area contributed by atoms with Gasteiger partial charge in [-0.2, -0.15) is 10.2 Å². The van der Waals surface area contributed by atoms with Gasteiger partial charge in [-0.3, -0.25) is 30.0 Å². The van der Waals surface area contributed by atoms with E-state index in [1.165, 1.54) is 0 Å². The topological polar surface area (TPSA) is 155 Å². The third-order valence-electron chi connectivity index (χ3n) is 16.3. The monoisotopic (exact) mass is 1360 g/mol. The Morgan fingerprint density at radius 3 is 1.07 bits per heavy atom. The van der Waals surface area contributed by atoms with Gasteiger partial charge in [-0.25, -0.2) is 14.2 Å². The molecule has 18 heteroatoms. The largest absolute Gasteiger partial charge is 0.464 e. The van der Waals surface area contributed by atoms with Crippen LogP contribution >= 0.6 is 55.1 Å². The van der Waals surface area contributed by atoms with Gasteiger partial charge >= 0.3 is 5.97 Å². The van der Waals surface area contributed by atoms with Crippen LogP contribution in [0.4, 0.5) is 11.4 Å². The molecule has 0 saturated carbocycles. The summed E-state index contributed by atoms with van der Waals surface area (Å²) in [5, 5.41) is 40.4. The average Bonchev–Trinajstić information content (AvgIpc) is 1.47. The van der Waals surface area contributed by atoms with Crippen LogP contribution < -0.4 is 0 Å². The number of hydrogen-bond donors (Lipinski definition) is 0. The molecule has 14 nitrogen and oxygen atoms in total. The Bertz CT molecular complexity index is 4090. The molecule has 0 bridgehead atoms. The van der Waals surface area contributed by atoms with Crippen LogP contribution in [0.3, 0.4) is 0 Å². The lowest BCUT2D eigenvalue weighted by atomic mass is 9.77. The number of nitro groups is 2. The number of aromatic nitrogens is 4. The molecule has 12 rings (SSSR count). The van der Waals surface area contributed by atoms with E-state index in [0.717, 1.165) is 33.4 Å². The van der Waals surface area contributed by atoms with E-state index < -0.39 is 33.1 Å². The molecule has 0 atom stereocenters.